The van der Waals surface area contributed by atoms with Crippen molar-refractivity contribution in [3.8, 4) is 0 Å². The van der Waals surface area contributed by atoms with Crippen LogP contribution in [0, 0.1) is 0 Å². The van der Waals surface area contributed by atoms with Crippen molar-refractivity contribution in [2.24, 2.45) is 0 Å². The van der Waals surface area contributed by atoms with Crippen molar-refractivity contribution >= 4 is 23.5 Å². The van der Waals surface area contributed by atoms with Gasteiger partial charge in [-0.25, -0.2) is 0 Å². The first-order valence-electron chi connectivity index (χ1n) is 4.27. The Morgan fingerprint density at radius 3 is 2.64 bits per heavy atom. The lowest BCUT2D eigenvalue weighted by Crippen LogP contribution is -2.29. The monoisotopic (exact) mass is 190 g/mol. The van der Waals surface area contributed by atoms with E-state index < -0.39 is 0 Å². The van der Waals surface area contributed by atoms with E-state index in [0.29, 0.717) is 4.08 Å². The van der Waals surface area contributed by atoms with Crippen LogP contribution in [0.25, 0.3) is 0 Å². The summed E-state index contributed by atoms with van der Waals surface area (Å²) < 4.78 is 0.428. The second kappa shape index (κ2) is 3.19. The van der Waals surface area contributed by atoms with E-state index in [1.165, 1.54) is 24.3 Å². The maximum atomic E-state index is 9.51. The molecule has 0 aromatic carbocycles. The Bertz CT molecular complexity index is 143. The van der Waals surface area contributed by atoms with Crippen LogP contribution >= 0.6 is 23.5 Å². The molecule has 1 spiro atoms. The summed E-state index contributed by atoms with van der Waals surface area (Å²) in [7, 11) is 0. The van der Waals surface area contributed by atoms with Gasteiger partial charge in [-0.3, -0.25) is 0 Å². The minimum atomic E-state index is -0.0122. The van der Waals surface area contributed by atoms with Crippen molar-refractivity contribution in [1.82, 2.24) is 0 Å². The molecule has 1 N–H and O–H groups in total. The smallest absolute Gasteiger partial charge is 0.0636 e. The lowest BCUT2D eigenvalue weighted by molar-refractivity contribution is 0.128. The molecule has 1 heterocycles. The Labute approximate surface area is 76.3 Å². The molecule has 2 aliphatic rings. The maximum absolute atomic E-state index is 9.51. The molecule has 1 atom stereocenters. The summed E-state index contributed by atoms with van der Waals surface area (Å²) in [5.74, 6) is 2.58. The SMILES string of the molecule is O[C@H]1CCCC2(C1)SCCS2. The molecule has 0 aromatic rings. The van der Waals surface area contributed by atoms with Gasteiger partial charge in [-0.2, -0.15) is 0 Å². The van der Waals surface area contributed by atoms with Gasteiger partial charge in [-0.1, -0.05) is 0 Å². The van der Waals surface area contributed by atoms with Gasteiger partial charge < -0.3 is 5.11 Å². The van der Waals surface area contributed by atoms with Crippen LogP contribution in [0.2, 0.25) is 0 Å². The van der Waals surface area contributed by atoms with Crippen LogP contribution in [0.5, 0.6) is 0 Å². The summed E-state index contributed by atoms with van der Waals surface area (Å²) in [6, 6.07) is 0. The first kappa shape index (κ1) is 8.27. The Morgan fingerprint density at radius 1 is 1.27 bits per heavy atom. The summed E-state index contributed by atoms with van der Waals surface area (Å²) in [5, 5.41) is 9.51. The first-order valence-corrected chi connectivity index (χ1v) is 6.24. The third-order valence-electron chi connectivity index (χ3n) is 2.46. The Balaban J connectivity index is 2.00. The maximum Gasteiger partial charge on any atom is 0.0636 e. The van der Waals surface area contributed by atoms with Crippen LogP contribution in [0.15, 0.2) is 0 Å². The minimum absolute atomic E-state index is 0.0122. The van der Waals surface area contributed by atoms with Crippen LogP contribution in [-0.2, 0) is 0 Å². The summed E-state index contributed by atoms with van der Waals surface area (Å²) in [4.78, 5) is 0. The summed E-state index contributed by atoms with van der Waals surface area (Å²) in [6.07, 6.45) is 4.59. The number of aliphatic hydroxyl groups excluding tert-OH is 1. The van der Waals surface area contributed by atoms with Gasteiger partial charge in [0.15, 0.2) is 0 Å². The Morgan fingerprint density at radius 2 is 2.00 bits per heavy atom. The van der Waals surface area contributed by atoms with Crippen LogP contribution < -0.4 is 0 Å². The quantitative estimate of drug-likeness (QED) is 0.631. The molecule has 1 saturated heterocycles. The molecule has 3 heteroatoms. The highest BCUT2D eigenvalue weighted by molar-refractivity contribution is 8.21. The second-order valence-corrected chi connectivity index (χ2v) is 6.57. The zero-order valence-electron chi connectivity index (χ0n) is 6.58. The molecule has 11 heavy (non-hydrogen) atoms. The topological polar surface area (TPSA) is 20.2 Å². The van der Waals surface area contributed by atoms with Gasteiger partial charge in [0, 0.05) is 11.5 Å². The average Bonchev–Trinajstić information content (AvgIpc) is 2.37. The Kier molecular flexibility index (Phi) is 2.40. The third-order valence-corrected chi connectivity index (χ3v) is 6.03. The van der Waals surface area contributed by atoms with Gasteiger partial charge in [0.05, 0.1) is 10.2 Å². The normalized spacial score (nSPS) is 36.3. The number of thioether (sulfide) groups is 2. The fourth-order valence-corrected chi connectivity index (χ4v) is 5.37. The molecule has 2 fully saturated rings. The van der Waals surface area contributed by atoms with E-state index in [4.69, 9.17) is 0 Å². The van der Waals surface area contributed by atoms with Crippen molar-refractivity contribution in [2.45, 2.75) is 35.9 Å². The van der Waals surface area contributed by atoms with E-state index in [0.717, 1.165) is 12.8 Å². The van der Waals surface area contributed by atoms with Crippen LogP contribution in [0.3, 0.4) is 0 Å². The van der Waals surface area contributed by atoms with Gasteiger partial charge in [0.25, 0.3) is 0 Å². The van der Waals surface area contributed by atoms with E-state index in [1.54, 1.807) is 0 Å². The molecule has 1 aliphatic carbocycles. The van der Waals surface area contributed by atoms with Gasteiger partial charge in [0.2, 0.25) is 0 Å². The number of hydrogen-bond acceptors (Lipinski definition) is 3. The molecular weight excluding hydrogens is 176 g/mol. The fraction of sp³-hybridized carbons (Fsp3) is 1.00. The predicted octanol–water partition coefficient (Wildman–Crippen LogP) is 2.10. The summed E-state index contributed by atoms with van der Waals surface area (Å²) in [6.45, 7) is 0. The van der Waals surface area contributed by atoms with Gasteiger partial charge >= 0.3 is 0 Å². The van der Waals surface area contributed by atoms with Crippen LogP contribution in [0.4, 0.5) is 0 Å². The van der Waals surface area contributed by atoms with Gasteiger partial charge in [-0.05, 0) is 25.7 Å². The third kappa shape index (κ3) is 1.70. The largest absolute Gasteiger partial charge is 0.393 e. The highest BCUT2D eigenvalue weighted by Gasteiger charge is 2.39. The van der Waals surface area contributed by atoms with Gasteiger partial charge in [0.1, 0.15) is 0 Å². The highest BCUT2D eigenvalue weighted by atomic mass is 32.2. The summed E-state index contributed by atoms with van der Waals surface area (Å²) >= 11 is 4.14. The van der Waals surface area contributed by atoms with E-state index in [9.17, 15) is 5.11 Å². The standard InChI is InChI=1S/C8H14OS2/c9-7-2-1-3-8(6-7)10-4-5-11-8/h7,9H,1-6H2/t7-/m0/s1. The highest BCUT2D eigenvalue weighted by Crippen LogP contribution is 2.52. The number of hydrogen-bond donors (Lipinski definition) is 1. The zero-order valence-corrected chi connectivity index (χ0v) is 8.22. The van der Waals surface area contributed by atoms with Crippen molar-refractivity contribution in [2.75, 3.05) is 11.5 Å². The van der Waals surface area contributed by atoms with E-state index in [2.05, 4.69) is 23.5 Å². The lowest BCUT2D eigenvalue weighted by atomic mass is 9.97. The van der Waals surface area contributed by atoms with E-state index >= 15 is 0 Å². The molecule has 1 saturated carbocycles. The second-order valence-electron chi connectivity index (χ2n) is 3.36. The molecule has 1 nitrogen and oxygen atoms in total. The molecule has 2 rings (SSSR count). The van der Waals surface area contributed by atoms with Crippen LogP contribution in [-0.4, -0.2) is 26.8 Å². The predicted molar refractivity (Wildman–Crippen MR) is 52.1 cm³/mol. The molecule has 0 unspecified atom stereocenters. The fourth-order valence-electron chi connectivity index (χ4n) is 1.93. The van der Waals surface area contributed by atoms with Crippen molar-refractivity contribution < 1.29 is 5.11 Å². The molecule has 0 aromatic heterocycles. The molecular formula is C8H14OS2. The molecule has 0 amide bonds. The molecule has 0 radical (unpaired) electrons. The molecule has 0 bridgehead atoms. The van der Waals surface area contributed by atoms with Crippen molar-refractivity contribution in [3.63, 3.8) is 0 Å². The number of aliphatic hydroxyl groups is 1. The lowest BCUT2D eigenvalue weighted by Gasteiger charge is -2.34. The van der Waals surface area contributed by atoms with E-state index in [1.807, 2.05) is 0 Å². The average molecular weight is 190 g/mol. The van der Waals surface area contributed by atoms with Gasteiger partial charge in [-0.15, -0.1) is 23.5 Å². The van der Waals surface area contributed by atoms with Crippen LogP contribution in [0.1, 0.15) is 25.7 Å². The first-order chi connectivity index (χ1) is 5.31. The van der Waals surface area contributed by atoms with E-state index in [-0.39, 0.29) is 6.10 Å². The Hall–Kier alpha value is 0.660. The number of rotatable bonds is 0. The summed E-state index contributed by atoms with van der Waals surface area (Å²) in [5.41, 5.74) is 0. The molecule has 1 aliphatic heterocycles. The van der Waals surface area contributed by atoms with Crippen molar-refractivity contribution in [1.29, 1.82) is 0 Å². The molecule has 64 valence electrons. The van der Waals surface area contributed by atoms with Crippen molar-refractivity contribution in [3.05, 3.63) is 0 Å². The minimum Gasteiger partial charge on any atom is -0.393 e. The zero-order chi connectivity index (χ0) is 7.73.